The van der Waals surface area contributed by atoms with Crippen LogP contribution in [0, 0.1) is 11.8 Å². The summed E-state index contributed by atoms with van der Waals surface area (Å²) in [7, 11) is 0. The molecule has 0 N–H and O–H groups in total. The fourth-order valence-corrected chi connectivity index (χ4v) is 3.18. The van der Waals surface area contributed by atoms with Crippen molar-refractivity contribution in [1.82, 2.24) is 4.90 Å². The Hall–Kier alpha value is -1.95. The molecule has 1 saturated carbocycles. The maximum absolute atomic E-state index is 12.2. The van der Waals surface area contributed by atoms with Crippen LogP contribution in [0.2, 0.25) is 0 Å². The third-order valence-corrected chi connectivity index (χ3v) is 4.68. The van der Waals surface area contributed by atoms with Crippen LogP contribution >= 0.6 is 0 Å². The maximum Gasteiger partial charge on any atom is 0.309 e. The van der Waals surface area contributed by atoms with Crippen molar-refractivity contribution in [2.45, 2.75) is 32.6 Å². The first-order valence-corrected chi connectivity index (χ1v) is 8.63. The van der Waals surface area contributed by atoms with Crippen molar-refractivity contribution < 1.29 is 23.9 Å². The summed E-state index contributed by atoms with van der Waals surface area (Å²) in [6.07, 6.45) is 6.38. The molecule has 2 amide bonds. The molecule has 1 heterocycles. The molecule has 24 heavy (non-hydrogen) atoms. The molecule has 1 aliphatic heterocycles. The Morgan fingerprint density at radius 1 is 1.33 bits per heavy atom. The number of rotatable bonds is 8. The SMILES string of the molecule is CCOC[C@@H]1C[C@H]1C(=O)OCCCN1C(=O)C2=C(CCC=C2)C1=O. The number of hydrogen-bond acceptors (Lipinski definition) is 5. The minimum atomic E-state index is -0.226. The smallest absolute Gasteiger partial charge is 0.309 e. The summed E-state index contributed by atoms with van der Waals surface area (Å²) in [4.78, 5) is 37.6. The van der Waals surface area contributed by atoms with E-state index in [0.29, 0.717) is 43.7 Å². The first kappa shape index (κ1) is 16.9. The van der Waals surface area contributed by atoms with E-state index in [4.69, 9.17) is 9.47 Å². The number of carbonyl (C=O) groups excluding carboxylic acids is 3. The minimum absolute atomic E-state index is 0.0503. The van der Waals surface area contributed by atoms with Crippen LogP contribution < -0.4 is 0 Å². The fraction of sp³-hybridized carbons (Fsp3) is 0.611. The molecule has 0 aromatic rings. The third kappa shape index (κ3) is 3.43. The van der Waals surface area contributed by atoms with Crippen molar-refractivity contribution in [3.63, 3.8) is 0 Å². The Kier molecular flexibility index (Phi) is 5.14. The highest BCUT2D eigenvalue weighted by Gasteiger charge is 2.44. The number of hydrogen-bond donors (Lipinski definition) is 0. The van der Waals surface area contributed by atoms with Crippen LogP contribution in [0.15, 0.2) is 23.3 Å². The third-order valence-electron chi connectivity index (χ3n) is 4.68. The zero-order valence-corrected chi connectivity index (χ0v) is 14.0. The van der Waals surface area contributed by atoms with Crippen LogP contribution in [0.3, 0.4) is 0 Å². The molecule has 0 bridgehead atoms. The molecule has 0 aromatic heterocycles. The molecule has 0 unspecified atom stereocenters. The molecule has 0 aromatic carbocycles. The first-order chi connectivity index (χ1) is 11.6. The minimum Gasteiger partial charge on any atom is -0.465 e. The van der Waals surface area contributed by atoms with Crippen LogP contribution in [0.1, 0.15) is 32.6 Å². The number of ether oxygens (including phenoxy) is 2. The van der Waals surface area contributed by atoms with Crippen molar-refractivity contribution in [3.05, 3.63) is 23.3 Å². The summed E-state index contributed by atoms with van der Waals surface area (Å²) in [5, 5.41) is 0. The lowest BCUT2D eigenvalue weighted by atomic mass is 10.00. The van der Waals surface area contributed by atoms with Gasteiger partial charge in [0.1, 0.15) is 0 Å². The molecule has 3 aliphatic rings. The van der Waals surface area contributed by atoms with E-state index in [0.717, 1.165) is 12.8 Å². The standard InChI is InChI=1S/C18H23NO5/c1-2-23-11-12-10-15(12)18(22)24-9-5-8-19-16(20)13-6-3-4-7-14(13)17(19)21/h3,6,12,15H,2,4-5,7-11H2,1H3/t12-,15+/m0/s1. The molecule has 130 valence electrons. The normalized spacial score (nSPS) is 25.3. The maximum atomic E-state index is 12.2. The Morgan fingerprint density at radius 3 is 2.92 bits per heavy atom. The highest BCUT2D eigenvalue weighted by atomic mass is 16.5. The Labute approximate surface area is 141 Å². The summed E-state index contributed by atoms with van der Waals surface area (Å²) in [5.41, 5.74) is 1.15. The highest BCUT2D eigenvalue weighted by molar-refractivity contribution is 6.20. The zero-order chi connectivity index (χ0) is 17.1. The van der Waals surface area contributed by atoms with Gasteiger partial charge in [0.2, 0.25) is 0 Å². The van der Waals surface area contributed by atoms with E-state index in [9.17, 15) is 14.4 Å². The van der Waals surface area contributed by atoms with E-state index in [2.05, 4.69) is 0 Å². The number of nitrogens with zero attached hydrogens (tertiary/aromatic N) is 1. The van der Waals surface area contributed by atoms with Crippen molar-refractivity contribution in [1.29, 1.82) is 0 Å². The van der Waals surface area contributed by atoms with Crippen molar-refractivity contribution >= 4 is 17.8 Å². The first-order valence-electron chi connectivity index (χ1n) is 8.63. The largest absolute Gasteiger partial charge is 0.465 e. The van der Waals surface area contributed by atoms with E-state index in [1.165, 1.54) is 4.90 Å². The monoisotopic (exact) mass is 333 g/mol. The van der Waals surface area contributed by atoms with Crippen LogP contribution in [-0.4, -0.2) is 49.0 Å². The van der Waals surface area contributed by atoms with Gasteiger partial charge in [-0.1, -0.05) is 12.2 Å². The molecule has 6 heteroatoms. The number of esters is 1. The van der Waals surface area contributed by atoms with Crippen LogP contribution in [-0.2, 0) is 23.9 Å². The van der Waals surface area contributed by atoms with E-state index in [-0.39, 0.29) is 36.2 Å². The number of allylic oxidation sites excluding steroid dienone is 1. The molecule has 0 spiro atoms. The summed E-state index contributed by atoms with van der Waals surface area (Å²) in [6, 6.07) is 0. The van der Waals surface area contributed by atoms with Gasteiger partial charge in [-0.15, -0.1) is 0 Å². The highest BCUT2D eigenvalue weighted by Crippen LogP contribution is 2.39. The lowest BCUT2D eigenvalue weighted by Gasteiger charge is -2.14. The number of carbonyl (C=O) groups is 3. The van der Waals surface area contributed by atoms with Crippen molar-refractivity contribution in [2.24, 2.45) is 11.8 Å². The second kappa shape index (κ2) is 7.30. The van der Waals surface area contributed by atoms with Gasteiger partial charge < -0.3 is 9.47 Å². The van der Waals surface area contributed by atoms with Crippen molar-refractivity contribution in [2.75, 3.05) is 26.4 Å². The quantitative estimate of drug-likeness (QED) is 0.383. The van der Waals surface area contributed by atoms with Gasteiger partial charge in [0.05, 0.1) is 19.1 Å². The summed E-state index contributed by atoms with van der Waals surface area (Å²) >= 11 is 0. The van der Waals surface area contributed by atoms with E-state index in [1.54, 1.807) is 6.08 Å². The Bertz CT molecular complexity index is 607. The summed E-state index contributed by atoms with van der Waals surface area (Å²) in [6.45, 7) is 3.72. The van der Waals surface area contributed by atoms with E-state index in [1.807, 2.05) is 13.0 Å². The molecule has 0 saturated heterocycles. The summed E-state index contributed by atoms with van der Waals surface area (Å²) in [5.74, 6) is -0.382. The van der Waals surface area contributed by atoms with E-state index < -0.39 is 0 Å². The molecule has 3 rings (SSSR count). The Morgan fingerprint density at radius 2 is 2.17 bits per heavy atom. The predicted octanol–water partition coefficient (Wildman–Crippen LogP) is 1.61. The lowest BCUT2D eigenvalue weighted by Crippen LogP contribution is -2.33. The lowest BCUT2D eigenvalue weighted by molar-refractivity contribution is -0.146. The Balaban J connectivity index is 1.37. The van der Waals surface area contributed by atoms with Gasteiger partial charge >= 0.3 is 5.97 Å². The number of amides is 2. The molecular formula is C18H23NO5. The van der Waals surface area contributed by atoms with Crippen molar-refractivity contribution in [3.8, 4) is 0 Å². The van der Waals surface area contributed by atoms with Gasteiger partial charge in [-0.05, 0) is 38.5 Å². The van der Waals surface area contributed by atoms with Gasteiger partial charge in [0, 0.05) is 24.3 Å². The van der Waals surface area contributed by atoms with Gasteiger partial charge in [-0.2, -0.15) is 0 Å². The van der Waals surface area contributed by atoms with Gasteiger partial charge in [0.15, 0.2) is 0 Å². The summed E-state index contributed by atoms with van der Waals surface area (Å²) < 4.78 is 10.6. The average molecular weight is 333 g/mol. The molecule has 0 radical (unpaired) electrons. The van der Waals surface area contributed by atoms with Crippen LogP contribution in [0.5, 0.6) is 0 Å². The van der Waals surface area contributed by atoms with Gasteiger partial charge in [-0.3, -0.25) is 19.3 Å². The van der Waals surface area contributed by atoms with Gasteiger partial charge in [-0.25, -0.2) is 0 Å². The zero-order valence-electron chi connectivity index (χ0n) is 14.0. The van der Waals surface area contributed by atoms with E-state index >= 15 is 0 Å². The average Bonchev–Trinajstić information content (AvgIpc) is 3.34. The molecular weight excluding hydrogens is 310 g/mol. The second-order valence-corrected chi connectivity index (χ2v) is 6.38. The van der Waals surface area contributed by atoms with Crippen LogP contribution in [0.4, 0.5) is 0 Å². The molecule has 2 aliphatic carbocycles. The molecule has 2 atom stereocenters. The molecule has 1 fully saturated rings. The van der Waals surface area contributed by atoms with Crippen LogP contribution in [0.25, 0.3) is 0 Å². The second-order valence-electron chi connectivity index (χ2n) is 6.38. The fourth-order valence-electron chi connectivity index (χ4n) is 3.18. The topological polar surface area (TPSA) is 72.9 Å². The van der Waals surface area contributed by atoms with Gasteiger partial charge in [0.25, 0.3) is 11.8 Å². The predicted molar refractivity (Wildman–Crippen MR) is 85.8 cm³/mol. The number of imide groups is 1. The molecule has 6 nitrogen and oxygen atoms in total.